The van der Waals surface area contributed by atoms with E-state index in [-0.39, 0.29) is 0 Å². The van der Waals surface area contributed by atoms with Crippen LogP contribution in [0.3, 0.4) is 0 Å². The monoisotopic (exact) mass is 257 g/mol. The lowest BCUT2D eigenvalue weighted by Gasteiger charge is -2.10. The largest absolute Gasteiger partial charge is 0.439 e. The molecule has 2 aromatic rings. The summed E-state index contributed by atoms with van der Waals surface area (Å²) in [5.74, 6) is 2.99. The fourth-order valence-corrected chi connectivity index (χ4v) is 1.74. The molecule has 0 fully saturated rings. The second-order valence-corrected chi connectivity index (χ2v) is 4.26. The van der Waals surface area contributed by atoms with Gasteiger partial charge in [0.25, 0.3) is 0 Å². The van der Waals surface area contributed by atoms with Crippen molar-refractivity contribution >= 4 is 5.82 Å². The fraction of sp³-hybridized carbons (Fsp3) is 0.333. The predicted molar refractivity (Wildman–Crippen MR) is 76.8 cm³/mol. The highest BCUT2D eigenvalue weighted by molar-refractivity contribution is 5.41. The van der Waals surface area contributed by atoms with Gasteiger partial charge in [0.1, 0.15) is 17.4 Å². The summed E-state index contributed by atoms with van der Waals surface area (Å²) in [6.45, 7) is 6.91. The number of nitrogens with one attached hydrogen (secondary N) is 1. The molecular formula is C15H19N3O. The number of aryl methyl sites for hydroxylation is 2. The molecule has 0 unspecified atom stereocenters. The Hall–Kier alpha value is -2.10. The predicted octanol–water partition coefficient (Wildman–Crippen LogP) is 3.57. The van der Waals surface area contributed by atoms with Crippen molar-refractivity contribution in [2.75, 3.05) is 11.9 Å². The highest BCUT2D eigenvalue weighted by atomic mass is 16.5. The highest BCUT2D eigenvalue weighted by Gasteiger charge is 2.06. The first-order valence-electron chi connectivity index (χ1n) is 6.58. The second-order valence-electron chi connectivity index (χ2n) is 4.26. The molecule has 0 bridgehead atoms. The van der Waals surface area contributed by atoms with E-state index in [9.17, 15) is 0 Å². The van der Waals surface area contributed by atoms with Gasteiger partial charge in [0.15, 0.2) is 0 Å². The number of hydrogen-bond donors (Lipinski definition) is 1. The molecule has 100 valence electrons. The third-order valence-electron chi connectivity index (χ3n) is 2.73. The van der Waals surface area contributed by atoms with E-state index in [1.807, 2.05) is 51.1 Å². The average Bonchev–Trinajstić information content (AvgIpc) is 2.41. The summed E-state index contributed by atoms with van der Waals surface area (Å²) < 4.78 is 5.85. The molecule has 1 N–H and O–H groups in total. The molecule has 0 saturated carbocycles. The molecule has 0 aliphatic heterocycles. The first kappa shape index (κ1) is 13.3. The summed E-state index contributed by atoms with van der Waals surface area (Å²) in [5, 5.41) is 3.19. The van der Waals surface area contributed by atoms with Crippen LogP contribution in [0.15, 0.2) is 30.3 Å². The van der Waals surface area contributed by atoms with Gasteiger partial charge in [0, 0.05) is 19.0 Å². The van der Waals surface area contributed by atoms with Crippen LogP contribution in [0, 0.1) is 6.92 Å². The lowest BCUT2D eigenvalue weighted by molar-refractivity contribution is 0.456. The molecule has 1 aromatic carbocycles. The van der Waals surface area contributed by atoms with Gasteiger partial charge in [-0.3, -0.25) is 0 Å². The standard InChI is InChI=1S/C15H19N3O/c1-4-13-17-14(16-5-2)10-15(18-13)19-12-9-7-6-8-11(12)3/h6-10H,4-5H2,1-3H3,(H,16,17,18). The van der Waals surface area contributed by atoms with Crippen molar-refractivity contribution in [3.63, 3.8) is 0 Å². The van der Waals surface area contributed by atoms with Crippen molar-refractivity contribution in [2.45, 2.75) is 27.2 Å². The van der Waals surface area contributed by atoms with Crippen molar-refractivity contribution in [1.82, 2.24) is 9.97 Å². The molecule has 0 aliphatic carbocycles. The third kappa shape index (κ3) is 3.44. The summed E-state index contributed by atoms with van der Waals surface area (Å²) in [6, 6.07) is 9.73. The summed E-state index contributed by atoms with van der Waals surface area (Å²) in [5.41, 5.74) is 1.09. The van der Waals surface area contributed by atoms with Gasteiger partial charge in [-0.1, -0.05) is 25.1 Å². The van der Waals surface area contributed by atoms with E-state index in [1.54, 1.807) is 0 Å². The van der Waals surface area contributed by atoms with Gasteiger partial charge in [0.2, 0.25) is 5.88 Å². The Morgan fingerprint density at radius 2 is 1.95 bits per heavy atom. The number of anilines is 1. The van der Waals surface area contributed by atoms with Gasteiger partial charge in [-0.05, 0) is 25.5 Å². The molecule has 4 nitrogen and oxygen atoms in total. The Labute approximate surface area is 113 Å². The van der Waals surface area contributed by atoms with Crippen LogP contribution >= 0.6 is 0 Å². The summed E-state index contributed by atoms with van der Waals surface area (Å²) in [7, 11) is 0. The van der Waals surface area contributed by atoms with Crippen molar-refractivity contribution in [3.8, 4) is 11.6 Å². The van der Waals surface area contributed by atoms with Crippen molar-refractivity contribution < 1.29 is 4.74 Å². The summed E-state index contributed by atoms with van der Waals surface area (Å²) in [6.07, 6.45) is 0.781. The molecule has 0 spiro atoms. The lowest BCUT2D eigenvalue weighted by Crippen LogP contribution is -2.04. The van der Waals surface area contributed by atoms with Gasteiger partial charge in [0.05, 0.1) is 0 Å². The number of rotatable bonds is 5. The van der Waals surface area contributed by atoms with Crippen molar-refractivity contribution in [3.05, 3.63) is 41.7 Å². The van der Waals surface area contributed by atoms with Crippen LogP contribution in [0.2, 0.25) is 0 Å². The van der Waals surface area contributed by atoms with Crippen molar-refractivity contribution in [2.24, 2.45) is 0 Å². The fourth-order valence-electron chi connectivity index (χ4n) is 1.74. The van der Waals surface area contributed by atoms with Gasteiger partial charge in [-0.25, -0.2) is 4.98 Å². The minimum Gasteiger partial charge on any atom is -0.439 e. The smallest absolute Gasteiger partial charge is 0.224 e. The average molecular weight is 257 g/mol. The molecule has 0 saturated heterocycles. The first-order valence-corrected chi connectivity index (χ1v) is 6.58. The topological polar surface area (TPSA) is 47.0 Å². The molecule has 0 amide bonds. The maximum Gasteiger partial charge on any atom is 0.224 e. The lowest BCUT2D eigenvalue weighted by atomic mass is 10.2. The van der Waals surface area contributed by atoms with Gasteiger partial charge in [-0.2, -0.15) is 4.98 Å². The van der Waals surface area contributed by atoms with E-state index >= 15 is 0 Å². The van der Waals surface area contributed by atoms with Gasteiger partial charge >= 0.3 is 0 Å². The van der Waals surface area contributed by atoms with E-state index in [4.69, 9.17) is 4.74 Å². The third-order valence-corrected chi connectivity index (χ3v) is 2.73. The maximum absolute atomic E-state index is 5.85. The van der Waals surface area contributed by atoms with Crippen LogP contribution in [0.5, 0.6) is 11.6 Å². The van der Waals surface area contributed by atoms with Gasteiger partial charge < -0.3 is 10.1 Å². The number of ether oxygens (including phenoxy) is 1. The SMILES string of the molecule is CCNc1cc(Oc2ccccc2C)nc(CC)n1. The summed E-state index contributed by atoms with van der Waals surface area (Å²) >= 11 is 0. The zero-order chi connectivity index (χ0) is 13.7. The minimum absolute atomic E-state index is 0.581. The number of aromatic nitrogens is 2. The van der Waals surface area contributed by atoms with Crippen LogP contribution in [-0.4, -0.2) is 16.5 Å². The quantitative estimate of drug-likeness (QED) is 0.889. The number of para-hydroxylation sites is 1. The molecule has 1 heterocycles. The van der Waals surface area contributed by atoms with E-state index < -0.39 is 0 Å². The molecule has 4 heteroatoms. The molecule has 0 atom stereocenters. The van der Waals surface area contributed by atoms with E-state index in [1.165, 1.54) is 0 Å². The molecule has 0 aliphatic rings. The zero-order valence-electron chi connectivity index (χ0n) is 11.6. The van der Waals surface area contributed by atoms with Crippen LogP contribution in [0.1, 0.15) is 25.2 Å². The number of nitrogens with zero attached hydrogens (tertiary/aromatic N) is 2. The minimum atomic E-state index is 0.581. The highest BCUT2D eigenvalue weighted by Crippen LogP contribution is 2.24. The number of benzene rings is 1. The Morgan fingerprint density at radius 3 is 2.63 bits per heavy atom. The molecule has 0 radical (unpaired) electrons. The Balaban J connectivity index is 2.29. The Kier molecular flexibility index (Phi) is 4.34. The molecule has 19 heavy (non-hydrogen) atoms. The van der Waals surface area contributed by atoms with Crippen LogP contribution in [0.25, 0.3) is 0 Å². The number of hydrogen-bond acceptors (Lipinski definition) is 4. The van der Waals surface area contributed by atoms with Crippen molar-refractivity contribution in [1.29, 1.82) is 0 Å². The van der Waals surface area contributed by atoms with E-state index in [0.29, 0.717) is 5.88 Å². The summed E-state index contributed by atoms with van der Waals surface area (Å²) in [4.78, 5) is 8.80. The maximum atomic E-state index is 5.85. The first-order chi connectivity index (χ1) is 9.22. The molecule has 1 aromatic heterocycles. The van der Waals surface area contributed by atoms with Crippen LogP contribution in [-0.2, 0) is 6.42 Å². The van der Waals surface area contributed by atoms with Crippen LogP contribution in [0.4, 0.5) is 5.82 Å². The zero-order valence-corrected chi connectivity index (χ0v) is 11.6. The van der Waals surface area contributed by atoms with E-state index in [2.05, 4.69) is 15.3 Å². The van der Waals surface area contributed by atoms with Gasteiger partial charge in [-0.15, -0.1) is 0 Å². The Bertz CT molecular complexity index is 555. The molecular weight excluding hydrogens is 238 g/mol. The Morgan fingerprint density at radius 1 is 1.16 bits per heavy atom. The van der Waals surface area contributed by atoms with Crippen LogP contribution < -0.4 is 10.1 Å². The van der Waals surface area contributed by atoms with E-state index in [0.717, 1.165) is 35.9 Å². The normalized spacial score (nSPS) is 10.3. The molecule has 2 rings (SSSR count). The second kappa shape index (κ2) is 6.18.